The lowest BCUT2D eigenvalue weighted by molar-refractivity contribution is -0.150. The van der Waals surface area contributed by atoms with E-state index in [1.54, 1.807) is 5.57 Å². The molecule has 3 fully saturated rings. The van der Waals surface area contributed by atoms with Crippen LogP contribution in [-0.2, 0) is 14.3 Å². The van der Waals surface area contributed by atoms with E-state index in [1.807, 2.05) is 0 Å². The number of rotatable bonds is 22. The molecule has 0 aromatic rings. The van der Waals surface area contributed by atoms with E-state index in [-0.39, 0.29) is 18.2 Å². The highest BCUT2D eigenvalue weighted by Gasteiger charge is 2.59. The normalized spacial score (nSPS) is 32.7. The van der Waals surface area contributed by atoms with Crippen molar-refractivity contribution in [2.45, 2.75) is 201 Å². The van der Waals surface area contributed by atoms with Gasteiger partial charge in [-0.15, -0.1) is 0 Å². The van der Waals surface area contributed by atoms with Crippen LogP contribution in [0.1, 0.15) is 189 Å². The van der Waals surface area contributed by atoms with Gasteiger partial charge < -0.3 is 15.2 Å². The van der Waals surface area contributed by atoms with Gasteiger partial charge in [-0.1, -0.05) is 137 Å². The van der Waals surface area contributed by atoms with Crippen molar-refractivity contribution in [1.29, 1.82) is 0 Å². The maximum Gasteiger partial charge on any atom is 0.305 e. The highest BCUT2D eigenvalue weighted by atomic mass is 16.6. The predicted octanol–water partition coefficient (Wildman–Crippen LogP) is 12.0. The summed E-state index contributed by atoms with van der Waals surface area (Å²) in [6, 6.07) is 0. The Balaban J connectivity index is 1.17. The zero-order valence-corrected chi connectivity index (χ0v) is 32.7. The lowest BCUT2D eigenvalue weighted by atomic mass is 9.47. The number of ether oxygens (including phenoxy) is 2. The van der Waals surface area contributed by atoms with E-state index in [0.717, 1.165) is 61.2 Å². The van der Waals surface area contributed by atoms with Crippen molar-refractivity contribution >= 4 is 5.97 Å². The van der Waals surface area contributed by atoms with Crippen LogP contribution in [0.25, 0.3) is 0 Å². The molecule has 5 unspecified atom stereocenters. The number of allylic oxidation sites excluding steroid dienone is 1. The summed E-state index contributed by atoms with van der Waals surface area (Å²) < 4.78 is 12.2. The second kappa shape index (κ2) is 19.7. The molecule has 278 valence electrons. The van der Waals surface area contributed by atoms with E-state index in [1.165, 1.54) is 116 Å². The summed E-state index contributed by atoms with van der Waals surface area (Å²) in [4.78, 5) is 12.5. The summed E-state index contributed by atoms with van der Waals surface area (Å²) >= 11 is 0. The van der Waals surface area contributed by atoms with Gasteiger partial charge in [-0.3, -0.25) is 4.79 Å². The van der Waals surface area contributed by atoms with Crippen LogP contribution in [0.2, 0.25) is 0 Å². The second-order valence-electron chi connectivity index (χ2n) is 18.1. The molecule has 4 heteroatoms. The molecule has 0 amide bonds. The Kier molecular flexibility index (Phi) is 16.3. The molecule has 0 saturated heterocycles. The van der Waals surface area contributed by atoms with Gasteiger partial charge in [-0.2, -0.15) is 0 Å². The van der Waals surface area contributed by atoms with Gasteiger partial charge in [0, 0.05) is 13.0 Å². The second-order valence-corrected chi connectivity index (χ2v) is 18.1. The van der Waals surface area contributed by atoms with Crippen LogP contribution in [0.5, 0.6) is 0 Å². The number of unbranched alkanes of at least 4 members (excludes halogenated alkanes) is 10. The largest absolute Gasteiger partial charge is 0.463 e. The van der Waals surface area contributed by atoms with E-state index < -0.39 is 0 Å². The number of hydrogen-bond acceptors (Lipinski definition) is 4. The van der Waals surface area contributed by atoms with Crippen LogP contribution in [0.4, 0.5) is 0 Å². The lowest BCUT2D eigenvalue weighted by Gasteiger charge is -2.58. The summed E-state index contributed by atoms with van der Waals surface area (Å²) in [6.07, 6.45) is 31.9. The Morgan fingerprint density at radius 1 is 0.854 bits per heavy atom. The molecule has 2 N–H and O–H groups in total. The Labute approximate surface area is 297 Å². The maximum absolute atomic E-state index is 12.5. The minimum atomic E-state index is -0.203. The van der Waals surface area contributed by atoms with Crippen molar-refractivity contribution in [1.82, 2.24) is 0 Å². The molecule has 0 aromatic carbocycles. The minimum absolute atomic E-state index is 0.0892. The highest BCUT2D eigenvalue weighted by molar-refractivity contribution is 5.69. The summed E-state index contributed by atoms with van der Waals surface area (Å²) in [6.45, 7) is 15.6. The SMILES string of the molecule is CCCCCCCCCCCCCC(=O)OCC(CN)OC1CC[C@@]2(C)C(=CCC3C2CC[C@@]2(C)C3CC[C@@H]2[C@H](C)CCCC(C)C)C1. The van der Waals surface area contributed by atoms with Gasteiger partial charge >= 0.3 is 5.97 Å². The molecule has 9 atom stereocenters. The number of carbonyl (C=O) groups is 1. The molecule has 0 heterocycles. The Morgan fingerprint density at radius 2 is 1.54 bits per heavy atom. The highest BCUT2D eigenvalue weighted by Crippen LogP contribution is 2.67. The van der Waals surface area contributed by atoms with Crippen LogP contribution in [-0.4, -0.2) is 31.3 Å². The summed E-state index contributed by atoms with van der Waals surface area (Å²) in [7, 11) is 0. The number of carbonyl (C=O) groups excluding carboxylic acids is 1. The molecule has 0 bridgehead atoms. The lowest BCUT2D eigenvalue weighted by Crippen LogP contribution is -2.51. The monoisotopic (exact) mass is 670 g/mol. The van der Waals surface area contributed by atoms with Gasteiger partial charge in [0.15, 0.2) is 0 Å². The van der Waals surface area contributed by atoms with Crippen molar-refractivity contribution in [2.75, 3.05) is 13.2 Å². The van der Waals surface area contributed by atoms with E-state index in [0.29, 0.717) is 30.4 Å². The first-order chi connectivity index (χ1) is 23.1. The predicted molar refractivity (Wildman–Crippen MR) is 203 cm³/mol. The molecule has 4 rings (SSSR count). The number of hydrogen-bond donors (Lipinski definition) is 1. The molecule has 0 aliphatic heterocycles. The van der Waals surface area contributed by atoms with Crippen LogP contribution < -0.4 is 5.73 Å². The average Bonchev–Trinajstić information content (AvgIpc) is 3.42. The summed E-state index contributed by atoms with van der Waals surface area (Å²) in [5.41, 5.74) is 8.66. The fraction of sp³-hybridized carbons (Fsp3) is 0.932. The standard InChI is InChI=1S/C44H79NO3/c1-7-8-9-10-11-12-13-14-15-16-17-21-42(46)47-32-37(31-45)48-36-26-28-43(5)35(30-36)22-23-38-40-25-24-39(34(4)20-18-19-33(2)3)44(40,6)29-27-41(38)43/h22,33-34,36-41H,7-21,23-32,45H2,1-6H3/t34-,36?,37?,38?,39-,40?,41?,43+,44-/m1/s1. The number of fused-ring (bicyclic) bond motifs is 5. The fourth-order valence-electron chi connectivity index (χ4n) is 11.4. The van der Waals surface area contributed by atoms with E-state index in [9.17, 15) is 4.79 Å². The summed E-state index contributed by atoms with van der Waals surface area (Å²) in [5, 5.41) is 0. The van der Waals surface area contributed by atoms with Crippen molar-refractivity contribution < 1.29 is 14.3 Å². The van der Waals surface area contributed by atoms with Crippen LogP contribution >= 0.6 is 0 Å². The molecule has 48 heavy (non-hydrogen) atoms. The molecule has 0 radical (unpaired) electrons. The zero-order valence-electron chi connectivity index (χ0n) is 32.7. The van der Waals surface area contributed by atoms with Gasteiger partial charge in [0.25, 0.3) is 0 Å². The minimum Gasteiger partial charge on any atom is -0.463 e. The third-order valence-corrected chi connectivity index (χ3v) is 14.3. The first kappa shape index (κ1) is 39.9. The maximum atomic E-state index is 12.5. The fourth-order valence-corrected chi connectivity index (χ4v) is 11.4. The molecule has 4 aliphatic carbocycles. The zero-order chi connectivity index (χ0) is 34.6. The molecule has 4 aliphatic rings. The molecular weight excluding hydrogens is 590 g/mol. The van der Waals surface area contributed by atoms with Crippen molar-refractivity contribution in [3.8, 4) is 0 Å². The Hall–Kier alpha value is -0.870. The number of nitrogens with two attached hydrogens (primary N) is 1. The molecule has 0 spiro atoms. The first-order valence-corrected chi connectivity index (χ1v) is 21.3. The van der Waals surface area contributed by atoms with Crippen LogP contribution in [0, 0.1) is 46.3 Å². The third kappa shape index (κ3) is 10.6. The van der Waals surface area contributed by atoms with E-state index in [4.69, 9.17) is 15.2 Å². The smallest absolute Gasteiger partial charge is 0.305 e. The van der Waals surface area contributed by atoms with Crippen molar-refractivity contribution in [3.05, 3.63) is 11.6 Å². The number of esters is 1. The molecule has 3 saturated carbocycles. The third-order valence-electron chi connectivity index (χ3n) is 14.3. The average molecular weight is 670 g/mol. The van der Waals surface area contributed by atoms with E-state index >= 15 is 0 Å². The van der Waals surface area contributed by atoms with Crippen molar-refractivity contribution in [3.63, 3.8) is 0 Å². The quantitative estimate of drug-likeness (QED) is 0.0708. The topological polar surface area (TPSA) is 61.5 Å². The van der Waals surface area contributed by atoms with Gasteiger partial charge in [0.05, 0.1) is 6.10 Å². The Bertz CT molecular complexity index is 976. The molecule has 4 nitrogen and oxygen atoms in total. The van der Waals surface area contributed by atoms with Gasteiger partial charge in [0.1, 0.15) is 12.7 Å². The first-order valence-electron chi connectivity index (χ1n) is 21.3. The van der Waals surface area contributed by atoms with Gasteiger partial charge in [-0.05, 0) is 104 Å². The molecule has 0 aromatic heterocycles. The molecular formula is C44H79NO3. The Morgan fingerprint density at radius 3 is 2.21 bits per heavy atom. The van der Waals surface area contributed by atoms with E-state index in [2.05, 4.69) is 47.6 Å². The van der Waals surface area contributed by atoms with Gasteiger partial charge in [0.2, 0.25) is 0 Å². The van der Waals surface area contributed by atoms with Crippen LogP contribution in [0.3, 0.4) is 0 Å². The van der Waals surface area contributed by atoms with Gasteiger partial charge in [-0.25, -0.2) is 0 Å². The van der Waals surface area contributed by atoms with Crippen molar-refractivity contribution in [2.24, 2.45) is 52.1 Å². The summed E-state index contributed by atoms with van der Waals surface area (Å²) in [5.74, 6) is 5.11. The van der Waals surface area contributed by atoms with Crippen LogP contribution in [0.15, 0.2) is 11.6 Å².